The third kappa shape index (κ3) is 4.06. The second-order valence-electron chi connectivity index (χ2n) is 4.44. The summed E-state index contributed by atoms with van der Waals surface area (Å²) >= 11 is 0. The zero-order chi connectivity index (χ0) is 13.5. The maximum atomic E-state index is 11.8. The van der Waals surface area contributed by atoms with Gasteiger partial charge in [-0.2, -0.15) is 0 Å². The molecule has 0 aliphatic carbocycles. The largest absolute Gasteiger partial charge is 0.349 e. The second kappa shape index (κ2) is 6.89. The van der Waals surface area contributed by atoms with Gasteiger partial charge in [0.1, 0.15) is 5.82 Å². The molecule has 0 atom stereocenters. The lowest BCUT2D eigenvalue weighted by atomic mass is 10.3. The van der Waals surface area contributed by atoms with Crippen LogP contribution in [0.2, 0.25) is 0 Å². The predicted octanol–water partition coefficient (Wildman–Crippen LogP) is -1.11. The van der Waals surface area contributed by atoms with Crippen molar-refractivity contribution in [3.05, 3.63) is 18.2 Å². The Morgan fingerprint density at radius 2 is 2.16 bits per heavy atom. The van der Waals surface area contributed by atoms with Crippen LogP contribution in [0.4, 0.5) is 0 Å². The van der Waals surface area contributed by atoms with Crippen LogP contribution in [0, 0.1) is 0 Å². The first-order chi connectivity index (χ1) is 9.27. The van der Waals surface area contributed by atoms with Gasteiger partial charge in [0, 0.05) is 51.5 Å². The minimum atomic E-state index is -0.513. The lowest BCUT2D eigenvalue weighted by Crippen LogP contribution is -2.51. The predicted molar refractivity (Wildman–Crippen MR) is 69.4 cm³/mol. The number of imidazole rings is 1. The Morgan fingerprint density at radius 1 is 1.37 bits per heavy atom. The van der Waals surface area contributed by atoms with Crippen molar-refractivity contribution in [1.82, 2.24) is 25.5 Å². The van der Waals surface area contributed by atoms with Crippen molar-refractivity contribution in [2.24, 2.45) is 0 Å². The summed E-state index contributed by atoms with van der Waals surface area (Å²) in [7, 11) is 0. The highest BCUT2D eigenvalue weighted by atomic mass is 16.2. The van der Waals surface area contributed by atoms with Gasteiger partial charge in [-0.05, 0) is 6.42 Å². The van der Waals surface area contributed by atoms with E-state index in [0.29, 0.717) is 19.6 Å². The zero-order valence-electron chi connectivity index (χ0n) is 10.8. The minimum absolute atomic E-state index is 0.431. The smallest absolute Gasteiger partial charge is 0.311 e. The molecule has 2 amide bonds. The quantitative estimate of drug-likeness (QED) is 0.476. The molecule has 1 fully saturated rings. The van der Waals surface area contributed by atoms with Gasteiger partial charge in [0.25, 0.3) is 0 Å². The van der Waals surface area contributed by atoms with E-state index in [0.717, 1.165) is 31.8 Å². The van der Waals surface area contributed by atoms with E-state index in [1.165, 1.54) is 0 Å². The summed E-state index contributed by atoms with van der Waals surface area (Å²) < 4.78 is 0. The summed E-state index contributed by atoms with van der Waals surface area (Å²) in [6.07, 6.45) is 4.98. The first-order valence-electron chi connectivity index (χ1n) is 6.53. The highest BCUT2D eigenvalue weighted by molar-refractivity contribution is 6.35. The Bertz CT molecular complexity index is 412. The SMILES string of the molecule is O=C(NCCCc1ncc[nH]1)C(=O)N1CCNCC1. The number of nitrogens with zero attached hydrogens (tertiary/aromatic N) is 2. The number of aryl methyl sites for hydroxylation is 1. The fraction of sp³-hybridized carbons (Fsp3) is 0.583. The van der Waals surface area contributed by atoms with Crippen molar-refractivity contribution < 1.29 is 9.59 Å². The number of carbonyl (C=O) groups is 2. The molecule has 0 radical (unpaired) electrons. The lowest BCUT2D eigenvalue weighted by molar-refractivity contribution is -0.146. The van der Waals surface area contributed by atoms with Gasteiger partial charge in [-0.1, -0.05) is 0 Å². The fourth-order valence-corrected chi connectivity index (χ4v) is 1.98. The minimum Gasteiger partial charge on any atom is -0.349 e. The molecular weight excluding hydrogens is 246 g/mol. The van der Waals surface area contributed by atoms with Gasteiger partial charge in [-0.15, -0.1) is 0 Å². The van der Waals surface area contributed by atoms with Gasteiger partial charge in [0.05, 0.1) is 0 Å². The number of hydrogen-bond donors (Lipinski definition) is 3. The summed E-state index contributed by atoms with van der Waals surface area (Å²) in [5, 5.41) is 5.79. The van der Waals surface area contributed by atoms with Crippen molar-refractivity contribution in [2.75, 3.05) is 32.7 Å². The van der Waals surface area contributed by atoms with Crippen LogP contribution in [0.25, 0.3) is 0 Å². The van der Waals surface area contributed by atoms with Crippen LogP contribution < -0.4 is 10.6 Å². The highest BCUT2D eigenvalue weighted by Gasteiger charge is 2.22. The monoisotopic (exact) mass is 265 g/mol. The van der Waals surface area contributed by atoms with Crippen molar-refractivity contribution >= 4 is 11.8 Å². The van der Waals surface area contributed by atoms with E-state index in [4.69, 9.17) is 0 Å². The van der Waals surface area contributed by atoms with Crippen molar-refractivity contribution in [3.63, 3.8) is 0 Å². The molecule has 0 unspecified atom stereocenters. The van der Waals surface area contributed by atoms with Crippen LogP contribution in [0.3, 0.4) is 0 Å². The molecule has 1 aromatic heterocycles. The second-order valence-corrected chi connectivity index (χ2v) is 4.44. The van der Waals surface area contributed by atoms with Gasteiger partial charge >= 0.3 is 11.8 Å². The van der Waals surface area contributed by atoms with E-state index < -0.39 is 11.8 Å². The Hall–Kier alpha value is -1.89. The number of amides is 2. The van der Waals surface area contributed by atoms with Crippen molar-refractivity contribution in [2.45, 2.75) is 12.8 Å². The Labute approximate surface area is 111 Å². The number of piperazine rings is 1. The van der Waals surface area contributed by atoms with E-state index in [-0.39, 0.29) is 0 Å². The molecule has 1 aliphatic heterocycles. The van der Waals surface area contributed by atoms with Gasteiger partial charge < -0.3 is 20.5 Å². The van der Waals surface area contributed by atoms with Gasteiger partial charge in [-0.3, -0.25) is 9.59 Å². The summed E-state index contributed by atoms with van der Waals surface area (Å²) in [4.78, 5) is 32.1. The normalized spacial score (nSPS) is 15.3. The van der Waals surface area contributed by atoms with Crippen LogP contribution in [-0.4, -0.2) is 59.4 Å². The number of nitrogens with one attached hydrogen (secondary N) is 3. The first kappa shape index (κ1) is 13.5. The third-order valence-electron chi connectivity index (χ3n) is 3.03. The van der Waals surface area contributed by atoms with Gasteiger partial charge in [-0.25, -0.2) is 4.98 Å². The standard InChI is InChI=1S/C12H19N5O2/c18-11(12(19)17-8-6-13-7-9-17)16-3-1-2-10-14-4-5-15-10/h4-5,13H,1-3,6-9H2,(H,14,15)(H,16,18). The first-order valence-corrected chi connectivity index (χ1v) is 6.53. The number of aromatic amines is 1. The topological polar surface area (TPSA) is 90.1 Å². The maximum absolute atomic E-state index is 11.8. The Kier molecular flexibility index (Phi) is 4.91. The molecule has 2 heterocycles. The molecule has 7 nitrogen and oxygen atoms in total. The molecule has 7 heteroatoms. The fourth-order valence-electron chi connectivity index (χ4n) is 1.98. The summed E-state index contributed by atoms with van der Waals surface area (Å²) in [6.45, 7) is 3.17. The number of hydrogen-bond acceptors (Lipinski definition) is 4. The van der Waals surface area contributed by atoms with Crippen LogP contribution in [0.15, 0.2) is 12.4 Å². The van der Waals surface area contributed by atoms with Crippen molar-refractivity contribution in [3.8, 4) is 0 Å². The molecule has 104 valence electrons. The van der Waals surface area contributed by atoms with Crippen LogP contribution in [0.1, 0.15) is 12.2 Å². The van der Waals surface area contributed by atoms with Crippen LogP contribution in [-0.2, 0) is 16.0 Å². The molecule has 3 N–H and O–H groups in total. The molecule has 19 heavy (non-hydrogen) atoms. The molecule has 1 saturated heterocycles. The van der Waals surface area contributed by atoms with E-state index in [1.807, 2.05) is 0 Å². The Morgan fingerprint density at radius 3 is 2.84 bits per heavy atom. The van der Waals surface area contributed by atoms with Gasteiger partial charge in [0.2, 0.25) is 0 Å². The molecule has 2 rings (SSSR count). The van der Waals surface area contributed by atoms with E-state index in [9.17, 15) is 9.59 Å². The van der Waals surface area contributed by atoms with E-state index >= 15 is 0 Å². The lowest BCUT2D eigenvalue weighted by Gasteiger charge is -2.26. The average molecular weight is 265 g/mol. The average Bonchev–Trinajstić information content (AvgIpc) is 2.96. The zero-order valence-corrected chi connectivity index (χ0v) is 10.8. The molecule has 1 aliphatic rings. The van der Waals surface area contributed by atoms with E-state index in [2.05, 4.69) is 20.6 Å². The molecule has 0 spiro atoms. The van der Waals surface area contributed by atoms with E-state index in [1.54, 1.807) is 17.3 Å². The third-order valence-corrected chi connectivity index (χ3v) is 3.03. The van der Waals surface area contributed by atoms with Crippen LogP contribution in [0.5, 0.6) is 0 Å². The number of H-pyrrole nitrogens is 1. The van der Waals surface area contributed by atoms with Crippen molar-refractivity contribution in [1.29, 1.82) is 0 Å². The summed E-state index contributed by atoms with van der Waals surface area (Å²) in [5.74, 6) is -0.0523. The number of carbonyl (C=O) groups excluding carboxylic acids is 2. The number of rotatable bonds is 4. The molecule has 1 aromatic rings. The summed E-state index contributed by atoms with van der Waals surface area (Å²) in [5.41, 5.74) is 0. The maximum Gasteiger partial charge on any atom is 0.311 e. The van der Waals surface area contributed by atoms with Gasteiger partial charge in [0.15, 0.2) is 0 Å². The molecular formula is C12H19N5O2. The molecule has 0 aromatic carbocycles. The number of aromatic nitrogens is 2. The summed E-state index contributed by atoms with van der Waals surface area (Å²) in [6, 6.07) is 0. The molecule has 0 bridgehead atoms. The Balaban J connectivity index is 1.64. The highest BCUT2D eigenvalue weighted by Crippen LogP contribution is 1.95. The van der Waals surface area contributed by atoms with Crippen LogP contribution >= 0.6 is 0 Å². The molecule has 0 saturated carbocycles.